The third-order valence-electron chi connectivity index (χ3n) is 3.18. The molecule has 0 amide bonds. The average molecular weight is 237 g/mol. The largest absolute Gasteiger partial charge is 0.326 e. The van der Waals surface area contributed by atoms with E-state index < -0.39 is 0 Å². The maximum absolute atomic E-state index is 5.65. The Labute approximate surface area is 106 Å². The van der Waals surface area contributed by atoms with Crippen molar-refractivity contribution >= 4 is 5.65 Å². The van der Waals surface area contributed by atoms with Crippen LogP contribution in [0.15, 0.2) is 48.8 Å². The fourth-order valence-electron chi connectivity index (χ4n) is 2.14. The minimum atomic E-state index is 0.545. The van der Waals surface area contributed by atoms with Gasteiger partial charge in [0, 0.05) is 24.5 Å². The number of hydrogen-bond donors (Lipinski definition) is 1. The van der Waals surface area contributed by atoms with Crippen molar-refractivity contribution in [3.63, 3.8) is 0 Å². The molecule has 0 spiro atoms. The lowest BCUT2D eigenvalue weighted by atomic mass is 10.1. The van der Waals surface area contributed by atoms with Crippen LogP contribution in [0.1, 0.15) is 11.1 Å². The first kappa shape index (κ1) is 11.0. The summed E-state index contributed by atoms with van der Waals surface area (Å²) >= 11 is 0. The molecule has 3 rings (SSSR count). The van der Waals surface area contributed by atoms with Crippen molar-refractivity contribution in [3.8, 4) is 11.3 Å². The Morgan fingerprint density at radius 3 is 2.83 bits per heavy atom. The topological polar surface area (TPSA) is 43.3 Å². The average Bonchev–Trinajstić information content (AvgIpc) is 2.81. The van der Waals surface area contributed by atoms with E-state index in [2.05, 4.69) is 30.2 Å². The number of imidazole rings is 1. The Bertz CT molecular complexity index is 698. The molecule has 0 aliphatic heterocycles. The predicted molar refractivity (Wildman–Crippen MR) is 73.3 cm³/mol. The molecule has 3 heteroatoms. The summed E-state index contributed by atoms with van der Waals surface area (Å²) in [6.45, 7) is 2.65. The number of nitrogens with two attached hydrogens (primary N) is 1. The van der Waals surface area contributed by atoms with Crippen molar-refractivity contribution in [2.75, 3.05) is 0 Å². The highest BCUT2D eigenvalue weighted by Crippen LogP contribution is 2.22. The van der Waals surface area contributed by atoms with Crippen molar-refractivity contribution in [3.05, 3.63) is 59.9 Å². The van der Waals surface area contributed by atoms with Gasteiger partial charge in [0.2, 0.25) is 0 Å². The van der Waals surface area contributed by atoms with E-state index in [1.807, 2.05) is 34.9 Å². The van der Waals surface area contributed by atoms with Crippen LogP contribution in [0.2, 0.25) is 0 Å². The molecule has 2 aromatic heterocycles. The molecule has 2 N–H and O–H groups in total. The van der Waals surface area contributed by atoms with Crippen LogP contribution < -0.4 is 5.73 Å². The van der Waals surface area contributed by atoms with Crippen LogP contribution in [-0.4, -0.2) is 9.38 Å². The number of fused-ring (bicyclic) bond motifs is 1. The summed E-state index contributed by atoms with van der Waals surface area (Å²) < 4.78 is 2.03. The molecule has 0 aliphatic rings. The smallest absolute Gasteiger partial charge is 0.137 e. The third-order valence-corrected chi connectivity index (χ3v) is 3.18. The van der Waals surface area contributed by atoms with Gasteiger partial charge in [-0.1, -0.05) is 24.3 Å². The van der Waals surface area contributed by atoms with Gasteiger partial charge in [-0.05, 0) is 30.2 Å². The second kappa shape index (κ2) is 4.27. The summed E-state index contributed by atoms with van der Waals surface area (Å²) in [6.07, 6.45) is 4.06. The van der Waals surface area contributed by atoms with Gasteiger partial charge >= 0.3 is 0 Å². The lowest BCUT2D eigenvalue weighted by molar-refractivity contribution is 1.05. The van der Waals surface area contributed by atoms with Crippen molar-refractivity contribution < 1.29 is 0 Å². The van der Waals surface area contributed by atoms with Crippen LogP contribution in [0.25, 0.3) is 16.9 Å². The predicted octanol–water partition coefficient (Wildman–Crippen LogP) is 2.77. The summed E-state index contributed by atoms with van der Waals surface area (Å²) in [4.78, 5) is 4.66. The van der Waals surface area contributed by atoms with Gasteiger partial charge in [-0.15, -0.1) is 0 Å². The van der Waals surface area contributed by atoms with Crippen LogP contribution in [0.4, 0.5) is 0 Å². The van der Waals surface area contributed by atoms with Crippen LogP contribution in [0.3, 0.4) is 0 Å². The second-order valence-corrected chi connectivity index (χ2v) is 4.45. The molecule has 90 valence electrons. The van der Waals surface area contributed by atoms with Gasteiger partial charge in [-0.2, -0.15) is 0 Å². The number of benzene rings is 1. The fourth-order valence-corrected chi connectivity index (χ4v) is 2.14. The SMILES string of the molecule is Cc1ccccc1-c1cn2ccc(CN)cc2n1. The normalized spacial score (nSPS) is 11.0. The molecule has 2 heterocycles. The van der Waals surface area contributed by atoms with Gasteiger partial charge in [0.1, 0.15) is 5.65 Å². The van der Waals surface area contributed by atoms with Gasteiger partial charge < -0.3 is 10.1 Å². The number of aromatic nitrogens is 2. The monoisotopic (exact) mass is 237 g/mol. The second-order valence-electron chi connectivity index (χ2n) is 4.45. The van der Waals surface area contributed by atoms with Crippen LogP contribution in [0, 0.1) is 6.92 Å². The summed E-state index contributed by atoms with van der Waals surface area (Å²) in [5.41, 5.74) is 11.1. The lowest BCUT2D eigenvalue weighted by Gasteiger charge is -1.99. The zero-order valence-electron chi connectivity index (χ0n) is 10.3. The quantitative estimate of drug-likeness (QED) is 0.744. The molecule has 0 fully saturated rings. The zero-order valence-corrected chi connectivity index (χ0v) is 10.3. The van der Waals surface area contributed by atoms with Crippen molar-refractivity contribution in [1.82, 2.24) is 9.38 Å². The minimum Gasteiger partial charge on any atom is -0.326 e. The molecule has 0 saturated heterocycles. The number of aryl methyl sites for hydroxylation is 1. The van der Waals surface area contributed by atoms with Crippen molar-refractivity contribution in [2.45, 2.75) is 13.5 Å². The molecular weight excluding hydrogens is 222 g/mol. The Morgan fingerprint density at radius 2 is 2.06 bits per heavy atom. The van der Waals surface area contributed by atoms with E-state index in [0.29, 0.717) is 6.54 Å². The Morgan fingerprint density at radius 1 is 1.22 bits per heavy atom. The third kappa shape index (κ3) is 1.79. The van der Waals surface area contributed by atoms with Crippen LogP contribution >= 0.6 is 0 Å². The molecular formula is C15H15N3. The summed E-state index contributed by atoms with van der Waals surface area (Å²) in [5.74, 6) is 0. The zero-order chi connectivity index (χ0) is 12.5. The number of hydrogen-bond acceptors (Lipinski definition) is 2. The molecule has 0 radical (unpaired) electrons. The van der Waals surface area contributed by atoms with Gasteiger partial charge in [-0.3, -0.25) is 0 Å². The maximum atomic E-state index is 5.65. The van der Waals surface area contributed by atoms with E-state index in [1.165, 1.54) is 11.1 Å². The van der Waals surface area contributed by atoms with Crippen molar-refractivity contribution in [2.24, 2.45) is 5.73 Å². The fraction of sp³-hybridized carbons (Fsp3) is 0.133. The van der Waals surface area contributed by atoms with Crippen molar-refractivity contribution in [1.29, 1.82) is 0 Å². The maximum Gasteiger partial charge on any atom is 0.137 e. The Balaban J connectivity index is 2.17. The van der Waals surface area contributed by atoms with Gasteiger partial charge in [0.15, 0.2) is 0 Å². The Kier molecular flexibility index (Phi) is 2.61. The van der Waals surface area contributed by atoms with E-state index in [-0.39, 0.29) is 0 Å². The van der Waals surface area contributed by atoms with E-state index >= 15 is 0 Å². The summed E-state index contributed by atoms with van der Waals surface area (Å²) in [5, 5.41) is 0. The number of pyridine rings is 1. The molecule has 0 saturated carbocycles. The highest BCUT2D eigenvalue weighted by molar-refractivity contribution is 5.66. The van der Waals surface area contributed by atoms with E-state index in [9.17, 15) is 0 Å². The molecule has 18 heavy (non-hydrogen) atoms. The molecule has 3 aromatic rings. The minimum absolute atomic E-state index is 0.545. The van der Waals surface area contributed by atoms with Crippen LogP contribution in [-0.2, 0) is 6.54 Å². The highest BCUT2D eigenvalue weighted by atomic mass is 15.0. The molecule has 0 bridgehead atoms. The number of rotatable bonds is 2. The highest BCUT2D eigenvalue weighted by Gasteiger charge is 2.06. The van der Waals surface area contributed by atoms with E-state index in [4.69, 9.17) is 5.73 Å². The molecule has 1 aromatic carbocycles. The molecule has 0 atom stereocenters. The van der Waals surface area contributed by atoms with Gasteiger partial charge in [0.05, 0.1) is 5.69 Å². The first-order chi connectivity index (χ1) is 8.78. The first-order valence-electron chi connectivity index (χ1n) is 6.01. The van der Waals surface area contributed by atoms with Gasteiger partial charge in [0.25, 0.3) is 0 Å². The standard InChI is InChI=1S/C15H15N3/c1-11-4-2-3-5-13(11)14-10-18-7-6-12(9-16)8-15(18)17-14/h2-8,10H,9,16H2,1H3. The van der Waals surface area contributed by atoms with E-state index in [1.54, 1.807) is 0 Å². The van der Waals surface area contributed by atoms with Gasteiger partial charge in [-0.25, -0.2) is 4.98 Å². The Hall–Kier alpha value is -2.13. The molecule has 0 aliphatic carbocycles. The first-order valence-corrected chi connectivity index (χ1v) is 6.01. The molecule has 0 unspecified atom stereocenters. The summed E-state index contributed by atoms with van der Waals surface area (Å²) in [7, 11) is 0. The number of nitrogens with zero attached hydrogens (tertiary/aromatic N) is 2. The molecule has 3 nitrogen and oxygen atoms in total. The van der Waals surface area contributed by atoms with E-state index in [0.717, 1.165) is 16.9 Å². The summed E-state index contributed by atoms with van der Waals surface area (Å²) in [6, 6.07) is 12.3. The lowest BCUT2D eigenvalue weighted by Crippen LogP contribution is -1.96. The van der Waals surface area contributed by atoms with Crippen LogP contribution in [0.5, 0.6) is 0 Å².